The molecule has 2 heterocycles. The molecular formula is C16H17N5O3S. The van der Waals surface area contributed by atoms with Gasteiger partial charge in [-0.15, -0.1) is 0 Å². The van der Waals surface area contributed by atoms with E-state index in [1.807, 2.05) is 17.8 Å². The summed E-state index contributed by atoms with van der Waals surface area (Å²) in [6.07, 6.45) is 3.60. The molecule has 0 bridgehead atoms. The lowest BCUT2D eigenvalue weighted by Crippen LogP contribution is -2.28. The molecule has 1 fully saturated rings. The van der Waals surface area contributed by atoms with Crippen molar-refractivity contribution in [1.82, 2.24) is 20.2 Å². The lowest BCUT2D eigenvalue weighted by atomic mass is 10.2. The second-order valence-electron chi connectivity index (χ2n) is 5.41. The summed E-state index contributed by atoms with van der Waals surface area (Å²) >= 11 is 1.56. The molecule has 0 aliphatic carbocycles. The minimum Gasteiger partial charge on any atom is -0.351 e. The van der Waals surface area contributed by atoms with E-state index in [2.05, 4.69) is 15.6 Å². The summed E-state index contributed by atoms with van der Waals surface area (Å²) < 4.78 is 1.92. The van der Waals surface area contributed by atoms with Crippen molar-refractivity contribution in [2.45, 2.75) is 5.16 Å². The molecule has 2 aromatic rings. The van der Waals surface area contributed by atoms with Gasteiger partial charge in [0.25, 0.3) is 5.91 Å². The van der Waals surface area contributed by atoms with Gasteiger partial charge in [-0.3, -0.25) is 19.8 Å². The van der Waals surface area contributed by atoms with Crippen LogP contribution in [0, 0.1) is 0 Å². The van der Waals surface area contributed by atoms with Gasteiger partial charge in [-0.05, 0) is 24.3 Å². The van der Waals surface area contributed by atoms with Crippen LogP contribution in [-0.4, -0.2) is 46.2 Å². The first kappa shape index (κ1) is 17.0. The van der Waals surface area contributed by atoms with Gasteiger partial charge in [0.1, 0.15) is 6.54 Å². The summed E-state index contributed by atoms with van der Waals surface area (Å²) in [5.74, 6) is 0.191. The number of carbonyl (C=O) groups is 3. The summed E-state index contributed by atoms with van der Waals surface area (Å²) in [6.45, 7) is 0.510. The zero-order chi connectivity index (χ0) is 17.8. The number of imide groups is 1. The fourth-order valence-corrected chi connectivity index (χ4v) is 3.13. The molecule has 0 radical (unpaired) electrons. The van der Waals surface area contributed by atoms with E-state index >= 15 is 0 Å². The van der Waals surface area contributed by atoms with Crippen molar-refractivity contribution in [3.63, 3.8) is 0 Å². The van der Waals surface area contributed by atoms with Gasteiger partial charge in [0.05, 0.1) is 0 Å². The summed E-state index contributed by atoms with van der Waals surface area (Å²) in [6, 6.07) is 6.11. The molecule has 1 aliphatic heterocycles. The zero-order valence-corrected chi connectivity index (χ0v) is 14.4. The van der Waals surface area contributed by atoms with Crippen LogP contribution in [0.2, 0.25) is 0 Å². The van der Waals surface area contributed by atoms with Crippen LogP contribution >= 0.6 is 11.8 Å². The molecule has 1 aliphatic rings. The minimum atomic E-state index is -0.450. The molecule has 25 heavy (non-hydrogen) atoms. The Morgan fingerprint density at radius 3 is 2.68 bits per heavy atom. The average Bonchev–Trinajstić information content (AvgIpc) is 3.16. The third-order valence-corrected chi connectivity index (χ3v) is 4.69. The number of nitrogens with zero attached hydrogens (tertiary/aromatic N) is 3. The number of thioether (sulfide) groups is 1. The molecule has 1 saturated heterocycles. The maximum Gasteiger partial charge on any atom is 0.329 e. The van der Waals surface area contributed by atoms with E-state index < -0.39 is 6.03 Å². The summed E-state index contributed by atoms with van der Waals surface area (Å²) in [5.41, 5.74) is 1.07. The van der Waals surface area contributed by atoms with Gasteiger partial charge in [0.15, 0.2) is 5.16 Å². The SMILES string of the molecule is Cn1ccnc1SCCNC(=O)c1ccc(N2CC(=O)NC2=O)cc1. The predicted octanol–water partition coefficient (Wildman–Crippen LogP) is 0.998. The van der Waals surface area contributed by atoms with Crippen molar-refractivity contribution in [2.24, 2.45) is 7.05 Å². The highest BCUT2D eigenvalue weighted by Crippen LogP contribution is 2.18. The Bertz CT molecular complexity index is 802. The number of amides is 4. The third-order valence-electron chi connectivity index (χ3n) is 3.63. The van der Waals surface area contributed by atoms with E-state index in [0.29, 0.717) is 23.5 Å². The average molecular weight is 359 g/mol. The third kappa shape index (κ3) is 4.00. The van der Waals surface area contributed by atoms with Crippen molar-refractivity contribution < 1.29 is 14.4 Å². The highest BCUT2D eigenvalue weighted by molar-refractivity contribution is 7.99. The van der Waals surface area contributed by atoms with Crippen LogP contribution < -0.4 is 15.5 Å². The maximum atomic E-state index is 12.1. The first-order valence-electron chi connectivity index (χ1n) is 7.64. The Kier molecular flexibility index (Phi) is 5.03. The van der Waals surface area contributed by atoms with Crippen molar-refractivity contribution >= 4 is 35.3 Å². The highest BCUT2D eigenvalue weighted by atomic mass is 32.2. The Labute approximate surface area is 148 Å². The van der Waals surface area contributed by atoms with Gasteiger partial charge >= 0.3 is 6.03 Å². The second-order valence-corrected chi connectivity index (χ2v) is 6.47. The van der Waals surface area contributed by atoms with E-state index in [0.717, 1.165) is 5.16 Å². The zero-order valence-electron chi connectivity index (χ0n) is 13.6. The minimum absolute atomic E-state index is 0.00517. The van der Waals surface area contributed by atoms with E-state index in [1.165, 1.54) is 4.90 Å². The number of hydrogen-bond donors (Lipinski definition) is 2. The lowest BCUT2D eigenvalue weighted by molar-refractivity contribution is -0.117. The Balaban J connectivity index is 1.50. The summed E-state index contributed by atoms with van der Waals surface area (Å²) in [4.78, 5) is 40.5. The van der Waals surface area contributed by atoms with Crippen LogP contribution in [0.25, 0.3) is 0 Å². The molecule has 0 spiro atoms. The molecule has 1 aromatic carbocycles. The standard InChI is InChI=1S/C16H17N5O3S/c1-20-8-6-18-16(20)25-9-7-17-14(23)11-2-4-12(5-3-11)21-10-13(22)19-15(21)24/h2-6,8H,7,9-10H2,1H3,(H,17,23)(H,19,22,24). The maximum absolute atomic E-state index is 12.1. The lowest BCUT2D eigenvalue weighted by Gasteiger charge is -2.13. The van der Waals surface area contributed by atoms with E-state index in [1.54, 1.807) is 42.2 Å². The second kappa shape index (κ2) is 7.39. The number of carbonyl (C=O) groups excluding carboxylic acids is 3. The molecular weight excluding hydrogens is 342 g/mol. The van der Waals surface area contributed by atoms with Crippen molar-refractivity contribution in [1.29, 1.82) is 0 Å². The Morgan fingerprint density at radius 1 is 1.32 bits per heavy atom. The smallest absolute Gasteiger partial charge is 0.329 e. The van der Waals surface area contributed by atoms with Crippen LogP contribution in [0.15, 0.2) is 41.8 Å². The van der Waals surface area contributed by atoms with Gasteiger partial charge < -0.3 is 9.88 Å². The highest BCUT2D eigenvalue weighted by Gasteiger charge is 2.27. The van der Waals surface area contributed by atoms with Crippen molar-refractivity contribution in [3.8, 4) is 0 Å². The first-order valence-corrected chi connectivity index (χ1v) is 8.63. The van der Waals surface area contributed by atoms with Gasteiger partial charge in [-0.2, -0.15) is 0 Å². The van der Waals surface area contributed by atoms with Gasteiger partial charge in [0.2, 0.25) is 5.91 Å². The predicted molar refractivity (Wildman–Crippen MR) is 93.6 cm³/mol. The molecule has 9 heteroatoms. The van der Waals surface area contributed by atoms with E-state index in [-0.39, 0.29) is 18.4 Å². The molecule has 1 aromatic heterocycles. The molecule has 2 N–H and O–H groups in total. The van der Waals surface area contributed by atoms with E-state index in [9.17, 15) is 14.4 Å². The topological polar surface area (TPSA) is 96.3 Å². The van der Waals surface area contributed by atoms with E-state index in [4.69, 9.17) is 0 Å². The quantitative estimate of drug-likeness (QED) is 0.456. The number of nitrogens with one attached hydrogen (secondary N) is 2. The summed E-state index contributed by atoms with van der Waals surface area (Å²) in [7, 11) is 1.92. The molecule has 3 rings (SSSR count). The van der Waals surface area contributed by atoms with Crippen LogP contribution in [0.5, 0.6) is 0 Å². The first-order chi connectivity index (χ1) is 12.0. The van der Waals surface area contributed by atoms with Gasteiger partial charge in [-0.25, -0.2) is 9.78 Å². The molecule has 8 nitrogen and oxygen atoms in total. The van der Waals surface area contributed by atoms with Crippen LogP contribution in [0.4, 0.5) is 10.5 Å². The van der Waals surface area contributed by atoms with Crippen LogP contribution in [0.1, 0.15) is 10.4 Å². The van der Waals surface area contributed by atoms with Crippen LogP contribution in [0.3, 0.4) is 0 Å². The number of aromatic nitrogens is 2. The number of imidazole rings is 1. The molecule has 0 atom stereocenters. The molecule has 0 saturated carbocycles. The number of urea groups is 1. The fraction of sp³-hybridized carbons (Fsp3) is 0.250. The van der Waals surface area contributed by atoms with Crippen LogP contribution in [-0.2, 0) is 11.8 Å². The molecule has 130 valence electrons. The number of aryl methyl sites for hydroxylation is 1. The largest absolute Gasteiger partial charge is 0.351 e. The van der Waals surface area contributed by atoms with Crippen molar-refractivity contribution in [3.05, 3.63) is 42.2 Å². The van der Waals surface area contributed by atoms with Crippen molar-refractivity contribution in [2.75, 3.05) is 23.7 Å². The number of hydrogen-bond acceptors (Lipinski definition) is 5. The Morgan fingerprint density at radius 2 is 2.08 bits per heavy atom. The monoisotopic (exact) mass is 359 g/mol. The Hall–Kier alpha value is -2.81. The van der Waals surface area contributed by atoms with Gasteiger partial charge in [0, 0.05) is 43.0 Å². The number of anilines is 1. The molecule has 0 unspecified atom stereocenters. The number of benzene rings is 1. The summed E-state index contributed by atoms with van der Waals surface area (Å²) in [5, 5.41) is 5.95. The fourth-order valence-electron chi connectivity index (χ4n) is 2.34. The normalized spacial score (nSPS) is 13.9. The molecule has 4 amide bonds. The van der Waals surface area contributed by atoms with Gasteiger partial charge in [-0.1, -0.05) is 11.8 Å². The number of rotatable bonds is 6.